The molecule has 18 heavy (non-hydrogen) atoms. The number of nitrogens with one attached hydrogen (secondary N) is 1. The smallest absolute Gasteiger partial charge is 0.216 e. The topological polar surface area (TPSA) is 59.8 Å². The molecule has 0 aliphatic heterocycles. The molecule has 0 fully saturated rings. The number of hydrogen-bond acceptors (Lipinski definition) is 3. The molecule has 0 radical (unpaired) electrons. The number of benzene rings is 1. The van der Waals surface area contributed by atoms with Gasteiger partial charge in [0.05, 0.1) is 12.7 Å². The van der Waals surface area contributed by atoms with E-state index in [0.29, 0.717) is 13.1 Å². The van der Waals surface area contributed by atoms with Gasteiger partial charge in [0.2, 0.25) is 5.91 Å². The van der Waals surface area contributed by atoms with Gasteiger partial charge < -0.3 is 5.32 Å². The van der Waals surface area contributed by atoms with Crippen molar-refractivity contribution in [2.45, 2.75) is 13.5 Å². The fourth-order valence-electron chi connectivity index (χ4n) is 1.51. The third-order valence-electron chi connectivity index (χ3n) is 2.39. The highest BCUT2D eigenvalue weighted by Crippen LogP contribution is 2.18. The average molecular weight is 309 g/mol. The summed E-state index contributed by atoms with van der Waals surface area (Å²) in [7, 11) is 0. The predicted molar refractivity (Wildman–Crippen MR) is 71.8 cm³/mol. The highest BCUT2D eigenvalue weighted by Gasteiger charge is 2.03. The zero-order valence-electron chi connectivity index (χ0n) is 9.93. The molecule has 0 spiro atoms. The summed E-state index contributed by atoms with van der Waals surface area (Å²) in [6.45, 7) is 2.66. The first-order valence-corrected chi connectivity index (χ1v) is 6.35. The lowest BCUT2D eigenvalue weighted by molar-refractivity contribution is -0.118. The SMILES string of the molecule is CC(=O)NCCn1cc(-c2ccc(Br)cc2)nn1. The maximum atomic E-state index is 10.7. The molecule has 1 aromatic heterocycles. The summed E-state index contributed by atoms with van der Waals surface area (Å²) in [5, 5.41) is 10.8. The maximum absolute atomic E-state index is 10.7. The van der Waals surface area contributed by atoms with Crippen molar-refractivity contribution >= 4 is 21.8 Å². The summed E-state index contributed by atoms with van der Waals surface area (Å²) in [6.07, 6.45) is 1.87. The van der Waals surface area contributed by atoms with Crippen molar-refractivity contribution < 1.29 is 4.79 Å². The van der Waals surface area contributed by atoms with Crippen LogP contribution in [-0.2, 0) is 11.3 Å². The lowest BCUT2D eigenvalue weighted by Crippen LogP contribution is -2.24. The molecular formula is C12H13BrN4O. The van der Waals surface area contributed by atoms with E-state index in [9.17, 15) is 4.79 Å². The van der Waals surface area contributed by atoms with Gasteiger partial charge in [-0.1, -0.05) is 33.3 Å². The van der Waals surface area contributed by atoms with Gasteiger partial charge in [0.25, 0.3) is 0 Å². The van der Waals surface area contributed by atoms with E-state index >= 15 is 0 Å². The van der Waals surface area contributed by atoms with Crippen molar-refractivity contribution in [1.29, 1.82) is 0 Å². The monoisotopic (exact) mass is 308 g/mol. The molecule has 1 N–H and O–H groups in total. The molecule has 1 heterocycles. The van der Waals surface area contributed by atoms with E-state index < -0.39 is 0 Å². The molecule has 2 aromatic rings. The summed E-state index contributed by atoms with van der Waals surface area (Å²) in [6, 6.07) is 7.88. The van der Waals surface area contributed by atoms with E-state index in [-0.39, 0.29) is 5.91 Å². The zero-order valence-corrected chi connectivity index (χ0v) is 11.5. The van der Waals surface area contributed by atoms with Crippen LogP contribution >= 0.6 is 15.9 Å². The van der Waals surface area contributed by atoms with E-state index in [2.05, 4.69) is 31.6 Å². The molecule has 5 nitrogen and oxygen atoms in total. The standard InChI is InChI=1S/C12H13BrN4O/c1-9(18)14-6-7-17-8-12(15-16-17)10-2-4-11(13)5-3-10/h2-5,8H,6-7H2,1H3,(H,14,18). The lowest BCUT2D eigenvalue weighted by atomic mass is 10.2. The Labute approximate surface area is 113 Å². The molecule has 0 saturated carbocycles. The van der Waals surface area contributed by atoms with Gasteiger partial charge in [-0.05, 0) is 12.1 Å². The van der Waals surface area contributed by atoms with Crippen LogP contribution in [-0.4, -0.2) is 27.4 Å². The lowest BCUT2D eigenvalue weighted by Gasteiger charge is -2.00. The van der Waals surface area contributed by atoms with E-state index in [1.807, 2.05) is 30.5 Å². The first kappa shape index (κ1) is 12.8. The van der Waals surface area contributed by atoms with Crippen molar-refractivity contribution in [2.75, 3.05) is 6.54 Å². The maximum Gasteiger partial charge on any atom is 0.216 e. The Kier molecular flexibility index (Phi) is 4.09. The molecule has 94 valence electrons. The molecule has 0 unspecified atom stereocenters. The minimum Gasteiger partial charge on any atom is -0.354 e. The van der Waals surface area contributed by atoms with Crippen molar-refractivity contribution in [3.8, 4) is 11.3 Å². The van der Waals surface area contributed by atoms with Crippen LogP contribution in [0, 0.1) is 0 Å². The summed E-state index contributed by atoms with van der Waals surface area (Å²) in [5.41, 5.74) is 1.84. The molecule has 2 rings (SSSR count). The molecule has 0 aliphatic rings. The number of amides is 1. The first-order chi connectivity index (χ1) is 8.65. The van der Waals surface area contributed by atoms with Crippen LogP contribution in [0.1, 0.15) is 6.92 Å². The molecule has 6 heteroatoms. The number of nitrogens with zero attached hydrogens (tertiary/aromatic N) is 3. The highest BCUT2D eigenvalue weighted by molar-refractivity contribution is 9.10. The summed E-state index contributed by atoms with van der Waals surface area (Å²) >= 11 is 3.39. The largest absolute Gasteiger partial charge is 0.354 e. The van der Waals surface area contributed by atoms with Crippen LogP contribution in [0.4, 0.5) is 0 Å². The fourth-order valence-corrected chi connectivity index (χ4v) is 1.77. The third kappa shape index (κ3) is 3.40. The van der Waals surface area contributed by atoms with Crippen LogP contribution in [0.5, 0.6) is 0 Å². The zero-order chi connectivity index (χ0) is 13.0. The van der Waals surface area contributed by atoms with Gasteiger partial charge in [-0.2, -0.15) is 0 Å². The molecule has 0 aliphatic carbocycles. The minimum atomic E-state index is -0.0387. The van der Waals surface area contributed by atoms with Crippen LogP contribution < -0.4 is 5.32 Å². The van der Waals surface area contributed by atoms with Gasteiger partial charge in [-0.15, -0.1) is 5.10 Å². The van der Waals surface area contributed by atoms with Gasteiger partial charge in [-0.25, -0.2) is 0 Å². The van der Waals surface area contributed by atoms with Gasteiger partial charge in [0, 0.05) is 23.5 Å². The highest BCUT2D eigenvalue weighted by atomic mass is 79.9. The second kappa shape index (κ2) is 5.77. The Hall–Kier alpha value is -1.69. The second-order valence-corrected chi connectivity index (χ2v) is 4.77. The van der Waals surface area contributed by atoms with Crippen LogP contribution in [0.25, 0.3) is 11.3 Å². The van der Waals surface area contributed by atoms with Crippen molar-refractivity contribution in [1.82, 2.24) is 20.3 Å². The number of aromatic nitrogens is 3. The molecule has 0 saturated heterocycles. The summed E-state index contributed by atoms with van der Waals surface area (Å²) in [5.74, 6) is -0.0387. The molecule has 1 amide bonds. The number of rotatable bonds is 4. The van der Waals surface area contributed by atoms with Crippen molar-refractivity contribution in [2.24, 2.45) is 0 Å². The molecule has 0 atom stereocenters. The normalized spacial score (nSPS) is 10.3. The van der Waals surface area contributed by atoms with E-state index in [0.717, 1.165) is 15.7 Å². The van der Waals surface area contributed by atoms with Gasteiger partial charge >= 0.3 is 0 Å². The Morgan fingerprint density at radius 2 is 2.11 bits per heavy atom. The van der Waals surface area contributed by atoms with E-state index in [1.54, 1.807) is 4.68 Å². The van der Waals surface area contributed by atoms with E-state index in [1.165, 1.54) is 6.92 Å². The molecule has 1 aromatic carbocycles. The first-order valence-electron chi connectivity index (χ1n) is 5.55. The van der Waals surface area contributed by atoms with Crippen molar-refractivity contribution in [3.05, 3.63) is 34.9 Å². The number of carbonyl (C=O) groups is 1. The van der Waals surface area contributed by atoms with Crippen LogP contribution in [0.15, 0.2) is 34.9 Å². The summed E-state index contributed by atoms with van der Waals surface area (Å²) < 4.78 is 2.75. The fraction of sp³-hybridized carbons (Fsp3) is 0.250. The van der Waals surface area contributed by atoms with Gasteiger partial charge in [0.1, 0.15) is 5.69 Å². The Bertz CT molecular complexity index is 535. The molecular weight excluding hydrogens is 296 g/mol. The summed E-state index contributed by atoms with van der Waals surface area (Å²) in [4.78, 5) is 10.7. The van der Waals surface area contributed by atoms with Crippen LogP contribution in [0.3, 0.4) is 0 Å². The third-order valence-corrected chi connectivity index (χ3v) is 2.92. The number of carbonyl (C=O) groups excluding carboxylic acids is 1. The van der Waals surface area contributed by atoms with Crippen LogP contribution in [0.2, 0.25) is 0 Å². The number of halogens is 1. The van der Waals surface area contributed by atoms with Crippen molar-refractivity contribution in [3.63, 3.8) is 0 Å². The van der Waals surface area contributed by atoms with Gasteiger partial charge in [-0.3, -0.25) is 9.48 Å². The van der Waals surface area contributed by atoms with E-state index in [4.69, 9.17) is 0 Å². The Balaban J connectivity index is 2.01. The minimum absolute atomic E-state index is 0.0387. The molecule has 0 bridgehead atoms. The quantitative estimate of drug-likeness (QED) is 0.937. The predicted octanol–water partition coefficient (Wildman–Crippen LogP) is 1.84. The average Bonchev–Trinajstić information content (AvgIpc) is 2.78. The van der Waals surface area contributed by atoms with Gasteiger partial charge in [0.15, 0.2) is 0 Å². The Morgan fingerprint density at radius 3 is 2.78 bits per heavy atom. The number of hydrogen-bond donors (Lipinski definition) is 1. The second-order valence-electron chi connectivity index (χ2n) is 3.86. The Morgan fingerprint density at radius 1 is 1.39 bits per heavy atom.